The number of carbonyl (C=O) groups is 2. The van der Waals surface area contributed by atoms with Crippen molar-refractivity contribution in [3.8, 4) is 0 Å². The van der Waals surface area contributed by atoms with Crippen LogP contribution in [0.15, 0.2) is 0 Å². The molecule has 0 fully saturated rings. The van der Waals surface area contributed by atoms with Crippen molar-refractivity contribution in [2.75, 3.05) is 0 Å². The molecule has 1 atom stereocenters. The first kappa shape index (κ1) is 25.5. The van der Waals surface area contributed by atoms with E-state index in [1.54, 1.807) is 0 Å². The average molecular weight is 354 g/mol. The molecule has 0 aromatic rings. The molecule has 2 N–H and O–H groups in total. The standard InChI is InChI=1S/2C8H16O2.Zn/c1-3-5-6-7(4-2)8(9)10;1-2-3-4-5-6-7-8(9)10;/h7H,3-6H2,1-2H3,(H,9,10);2-7H2,1H3,(H,9,10);. The fourth-order valence-corrected chi connectivity index (χ4v) is 1.83. The third kappa shape index (κ3) is 22.0. The summed E-state index contributed by atoms with van der Waals surface area (Å²) in [5.41, 5.74) is 0. The van der Waals surface area contributed by atoms with E-state index in [1.165, 1.54) is 19.3 Å². The van der Waals surface area contributed by atoms with Gasteiger partial charge in [-0.2, -0.15) is 0 Å². The van der Waals surface area contributed by atoms with E-state index in [0.29, 0.717) is 6.42 Å². The van der Waals surface area contributed by atoms with Crippen molar-refractivity contribution in [3.63, 3.8) is 0 Å². The van der Waals surface area contributed by atoms with Gasteiger partial charge in [0.1, 0.15) is 0 Å². The summed E-state index contributed by atoms with van der Waals surface area (Å²) >= 11 is 0. The summed E-state index contributed by atoms with van der Waals surface area (Å²) in [5.74, 6) is -1.42. The molecule has 0 aromatic carbocycles. The molecule has 0 aliphatic rings. The van der Waals surface area contributed by atoms with Crippen LogP contribution in [0.25, 0.3) is 0 Å². The van der Waals surface area contributed by atoms with Crippen LogP contribution >= 0.6 is 0 Å². The summed E-state index contributed by atoms with van der Waals surface area (Å²) in [6.45, 7) is 6.15. The van der Waals surface area contributed by atoms with E-state index < -0.39 is 11.9 Å². The molecule has 0 bridgehead atoms. The molecule has 0 heterocycles. The van der Waals surface area contributed by atoms with Gasteiger partial charge in [-0.05, 0) is 19.3 Å². The molecule has 0 aliphatic carbocycles. The van der Waals surface area contributed by atoms with E-state index in [9.17, 15) is 9.59 Å². The van der Waals surface area contributed by atoms with Crippen molar-refractivity contribution in [2.24, 2.45) is 5.92 Å². The molecule has 4 nitrogen and oxygen atoms in total. The van der Waals surface area contributed by atoms with Gasteiger partial charge in [0.25, 0.3) is 0 Å². The zero-order valence-corrected chi connectivity index (χ0v) is 17.0. The second-order valence-electron chi connectivity index (χ2n) is 5.14. The molecule has 122 valence electrons. The maximum Gasteiger partial charge on any atom is 0.306 e. The van der Waals surface area contributed by atoms with Crippen molar-refractivity contribution >= 4 is 11.9 Å². The van der Waals surface area contributed by atoms with Gasteiger partial charge in [0.2, 0.25) is 0 Å². The fraction of sp³-hybridized carbons (Fsp3) is 0.875. The summed E-state index contributed by atoms with van der Waals surface area (Å²) in [4.78, 5) is 20.5. The minimum absolute atomic E-state index is 0. The second kappa shape index (κ2) is 19.6. The van der Waals surface area contributed by atoms with Gasteiger partial charge in [-0.15, -0.1) is 0 Å². The Morgan fingerprint density at radius 1 is 0.857 bits per heavy atom. The van der Waals surface area contributed by atoms with E-state index >= 15 is 0 Å². The predicted octanol–water partition coefficient (Wildman–Crippen LogP) is 4.72. The van der Waals surface area contributed by atoms with Gasteiger partial charge in [0.05, 0.1) is 5.92 Å². The third-order valence-corrected chi connectivity index (χ3v) is 3.24. The zero-order chi connectivity index (χ0) is 15.8. The van der Waals surface area contributed by atoms with Crippen LogP contribution in [0.4, 0.5) is 0 Å². The number of carboxylic acids is 2. The molecular formula is C16H32O4Zn. The van der Waals surface area contributed by atoms with Crippen molar-refractivity contribution < 1.29 is 39.3 Å². The molecule has 0 aliphatic heterocycles. The van der Waals surface area contributed by atoms with Crippen LogP contribution in [0.2, 0.25) is 0 Å². The van der Waals surface area contributed by atoms with Crippen LogP contribution < -0.4 is 0 Å². The summed E-state index contributed by atoms with van der Waals surface area (Å²) in [6, 6.07) is 0. The topological polar surface area (TPSA) is 74.6 Å². The number of carboxylic acid groups (broad SMARTS) is 2. The number of hydrogen-bond acceptors (Lipinski definition) is 2. The Labute approximate surface area is 142 Å². The van der Waals surface area contributed by atoms with Gasteiger partial charge in [-0.1, -0.05) is 59.3 Å². The Balaban J connectivity index is -0.000000295. The number of unbranched alkanes of at least 4 members (excludes halogenated alkanes) is 5. The molecule has 0 rings (SSSR count). The van der Waals surface area contributed by atoms with Crippen LogP contribution in [-0.2, 0) is 29.1 Å². The van der Waals surface area contributed by atoms with Crippen molar-refractivity contribution in [3.05, 3.63) is 0 Å². The van der Waals surface area contributed by atoms with Crippen LogP contribution in [-0.4, -0.2) is 22.2 Å². The zero-order valence-electron chi connectivity index (χ0n) is 14.1. The first-order chi connectivity index (χ1) is 9.49. The molecule has 5 heteroatoms. The minimum Gasteiger partial charge on any atom is -0.481 e. The van der Waals surface area contributed by atoms with Gasteiger partial charge < -0.3 is 10.2 Å². The monoisotopic (exact) mass is 352 g/mol. The van der Waals surface area contributed by atoms with Crippen molar-refractivity contribution in [1.29, 1.82) is 0 Å². The molecule has 0 saturated heterocycles. The number of rotatable bonds is 11. The first-order valence-corrected chi connectivity index (χ1v) is 7.94. The molecule has 0 radical (unpaired) electrons. The van der Waals surface area contributed by atoms with Crippen molar-refractivity contribution in [1.82, 2.24) is 0 Å². The Hall–Kier alpha value is -0.437. The van der Waals surface area contributed by atoms with Crippen LogP contribution in [0, 0.1) is 5.92 Å². The normalized spacial score (nSPS) is 10.8. The van der Waals surface area contributed by atoms with Gasteiger partial charge in [0, 0.05) is 25.9 Å². The minimum atomic E-state index is -0.670. The first-order valence-electron chi connectivity index (χ1n) is 7.94. The largest absolute Gasteiger partial charge is 0.481 e. The van der Waals surface area contributed by atoms with E-state index in [-0.39, 0.29) is 25.4 Å². The van der Waals surface area contributed by atoms with E-state index in [1.807, 2.05) is 6.92 Å². The molecule has 0 spiro atoms. The van der Waals surface area contributed by atoms with Crippen LogP contribution in [0.1, 0.15) is 85.0 Å². The summed E-state index contributed by atoms with van der Waals surface area (Å²) in [5, 5.41) is 16.9. The Bertz CT molecular complexity index is 244. The van der Waals surface area contributed by atoms with Crippen molar-refractivity contribution in [2.45, 2.75) is 85.0 Å². The quantitative estimate of drug-likeness (QED) is 0.416. The third-order valence-electron chi connectivity index (χ3n) is 3.24. The SMILES string of the molecule is CCCCC(CC)C(=O)O.CCCCCCCC(=O)O.[Zn]. The van der Waals surface area contributed by atoms with Crippen LogP contribution in [0.5, 0.6) is 0 Å². The maximum atomic E-state index is 10.4. The van der Waals surface area contributed by atoms with Gasteiger partial charge >= 0.3 is 11.9 Å². The molecule has 0 saturated carbocycles. The van der Waals surface area contributed by atoms with E-state index in [2.05, 4.69) is 13.8 Å². The molecule has 0 amide bonds. The van der Waals surface area contributed by atoms with Crippen LogP contribution in [0.3, 0.4) is 0 Å². The Kier molecular flexibility index (Phi) is 23.8. The number of aliphatic carboxylic acids is 2. The number of hydrogen-bond donors (Lipinski definition) is 2. The molecule has 1 unspecified atom stereocenters. The molecular weight excluding hydrogens is 322 g/mol. The summed E-state index contributed by atoms with van der Waals surface area (Å²) in [7, 11) is 0. The maximum absolute atomic E-state index is 10.4. The molecule has 0 aromatic heterocycles. The molecule has 21 heavy (non-hydrogen) atoms. The smallest absolute Gasteiger partial charge is 0.306 e. The Morgan fingerprint density at radius 3 is 1.76 bits per heavy atom. The van der Waals surface area contributed by atoms with E-state index in [4.69, 9.17) is 10.2 Å². The second-order valence-corrected chi connectivity index (χ2v) is 5.14. The Morgan fingerprint density at radius 2 is 1.38 bits per heavy atom. The summed E-state index contributed by atoms with van der Waals surface area (Å²) < 4.78 is 0. The fourth-order valence-electron chi connectivity index (χ4n) is 1.83. The van der Waals surface area contributed by atoms with Gasteiger partial charge in [-0.3, -0.25) is 9.59 Å². The van der Waals surface area contributed by atoms with Gasteiger partial charge in [-0.25, -0.2) is 0 Å². The summed E-state index contributed by atoms with van der Waals surface area (Å²) in [6.07, 6.45) is 9.60. The predicted molar refractivity (Wildman–Crippen MR) is 82.0 cm³/mol. The van der Waals surface area contributed by atoms with Gasteiger partial charge in [0.15, 0.2) is 0 Å². The average Bonchev–Trinajstić information content (AvgIpc) is 2.39. The van der Waals surface area contributed by atoms with E-state index in [0.717, 1.165) is 38.5 Å².